The average molecular weight is 249 g/mol. The molecule has 0 atom stereocenters. The van der Waals surface area contributed by atoms with Crippen LogP contribution in [0.25, 0.3) is 0 Å². The van der Waals surface area contributed by atoms with Crippen LogP contribution in [-0.4, -0.2) is 0 Å². The third-order valence-electron chi connectivity index (χ3n) is 1.82. The van der Waals surface area contributed by atoms with Gasteiger partial charge in [-0.05, 0) is 33.0 Å². The van der Waals surface area contributed by atoms with Crippen LogP contribution in [0.3, 0.4) is 0 Å². The van der Waals surface area contributed by atoms with Crippen LogP contribution in [0.15, 0.2) is 16.6 Å². The number of hydrogen-bond donors (Lipinski definition) is 0. The molecule has 0 unspecified atom stereocenters. The minimum atomic E-state index is -0.564. The van der Waals surface area contributed by atoms with E-state index in [9.17, 15) is 8.78 Å². The van der Waals surface area contributed by atoms with Crippen molar-refractivity contribution in [2.45, 2.75) is 26.2 Å². The Morgan fingerprint density at radius 2 is 1.62 bits per heavy atom. The van der Waals surface area contributed by atoms with Crippen LogP contribution in [0.2, 0.25) is 0 Å². The summed E-state index contributed by atoms with van der Waals surface area (Å²) in [5, 5.41) is 0. The van der Waals surface area contributed by atoms with E-state index in [1.54, 1.807) is 0 Å². The van der Waals surface area contributed by atoms with Gasteiger partial charge in [-0.25, -0.2) is 8.78 Å². The summed E-state index contributed by atoms with van der Waals surface area (Å²) < 4.78 is 26.4. The Labute approximate surface area is 85.1 Å². The first kappa shape index (κ1) is 10.6. The molecule has 0 aromatic heterocycles. The van der Waals surface area contributed by atoms with E-state index in [-0.39, 0.29) is 5.41 Å². The lowest BCUT2D eigenvalue weighted by Crippen LogP contribution is -2.13. The molecule has 1 rings (SSSR count). The predicted molar refractivity (Wildman–Crippen MR) is 52.8 cm³/mol. The van der Waals surface area contributed by atoms with Gasteiger partial charge >= 0.3 is 0 Å². The molecule has 0 aliphatic rings. The molecule has 0 heterocycles. The summed E-state index contributed by atoms with van der Waals surface area (Å²) >= 11 is 3.03. The molecule has 0 aliphatic heterocycles. The Morgan fingerprint density at radius 1 is 1.08 bits per heavy atom. The van der Waals surface area contributed by atoms with E-state index in [0.29, 0.717) is 10.0 Å². The molecule has 0 saturated carbocycles. The lowest BCUT2D eigenvalue weighted by atomic mass is 9.87. The van der Waals surface area contributed by atoms with Gasteiger partial charge in [0.25, 0.3) is 0 Å². The van der Waals surface area contributed by atoms with Crippen molar-refractivity contribution in [2.24, 2.45) is 0 Å². The molecule has 0 N–H and O–H groups in total. The van der Waals surface area contributed by atoms with Crippen LogP contribution in [-0.2, 0) is 5.41 Å². The second-order valence-corrected chi connectivity index (χ2v) is 4.85. The molecule has 0 aliphatic carbocycles. The predicted octanol–water partition coefficient (Wildman–Crippen LogP) is 4.02. The van der Waals surface area contributed by atoms with Crippen molar-refractivity contribution in [3.05, 3.63) is 33.8 Å². The molecule has 0 radical (unpaired) electrons. The standard InChI is InChI=1S/C10H11BrF2/c1-10(2,3)6-4-7(11)9(13)5-8(6)12/h4-5H,1-3H3. The van der Waals surface area contributed by atoms with Crippen molar-refractivity contribution >= 4 is 15.9 Å². The molecule has 0 spiro atoms. The van der Waals surface area contributed by atoms with Crippen molar-refractivity contribution in [3.8, 4) is 0 Å². The van der Waals surface area contributed by atoms with E-state index in [1.807, 2.05) is 20.8 Å². The summed E-state index contributed by atoms with van der Waals surface area (Å²) in [5.74, 6) is -1.06. The number of benzene rings is 1. The van der Waals surface area contributed by atoms with Crippen LogP contribution in [0.1, 0.15) is 26.3 Å². The fraction of sp³-hybridized carbons (Fsp3) is 0.400. The van der Waals surface area contributed by atoms with Gasteiger partial charge in [0.1, 0.15) is 11.6 Å². The Bertz CT molecular complexity index is 326. The summed E-state index contributed by atoms with van der Waals surface area (Å²) in [7, 11) is 0. The summed E-state index contributed by atoms with van der Waals surface area (Å²) in [6, 6.07) is 2.40. The van der Waals surface area contributed by atoms with Gasteiger partial charge in [-0.3, -0.25) is 0 Å². The maximum Gasteiger partial charge on any atom is 0.140 e. The lowest BCUT2D eigenvalue weighted by molar-refractivity contribution is 0.509. The summed E-state index contributed by atoms with van der Waals surface area (Å²) in [5.41, 5.74) is 0.209. The summed E-state index contributed by atoms with van der Waals surface area (Å²) in [6.07, 6.45) is 0. The van der Waals surface area contributed by atoms with Gasteiger partial charge in [-0.1, -0.05) is 20.8 Å². The first-order valence-corrected chi connectivity index (χ1v) is 4.76. The van der Waals surface area contributed by atoms with Crippen molar-refractivity contribution in [1.82, 2.24) is 0 Å². The van der Waals surface area contributed by atoms with Crippen molar-refractivity contribution in [3.63, 3.8) is 0 Å². The second-order valence-electron chi connectivity index (χ2n) is 4.00. The van der Waals surface area contributed by atoms with Crippen molar-refractivity contribution in [2.75, 3.05) is 0 Å². The second kappa shape index (κ2) is 3.37. The van der Waals surface area contributed by atoms with Crippen LogP contribution < -0.4 is 0 Å². The van der Waals surface area contributed by atoms with Gasteiger partial charge in [0.15, 0.2) is 0 Å². The van der Waals surface area contributed by atoms with E-state index in [1.165, 1.54) is 6.07 Å². The Morgan fingerprint density at radius 3 is 2.08 bits per heavy atom. The fourth-order valence-electron chi connectivity index (χ4n) is 1.10. The molecule has 1 aromatic rings. The third kappa shape index (κ3) is 2.27. The quantitative estimate of drug-likeness (QED) is 0.609. The van der Waals surface area contributed by atoms with E-state index in [4.69, 9.17) is 0 Å². The Hall–Kier alpha value is -0.440. The molecule has 0 fully saturated rings. The zero-order valence-corrected chi connectivity index (χ0v) is 9.37. The van der Waals surface area contributed by atoms with Gasteiger partial charge in [0.2, 0.25) is 0 Å². The van der Waals surface area contributed by atoms with Gasteiger partial charge < -0.3 is 0 Å². The molecule has 0 bridgehead atoms. The van der Waals surface area contributed by atoms with E-state index < -0.39 is 11.6 Å². The monoisotopic (exact) mass is 248 g/mol. The fourth-order valence-corrected chi connectivity index (χ4v) is 1.44. The van der Waals surface area contributed by atoms with Gasteiger partial charge in [0, 0.05) is 6.07 Å². The molecule has 3 heteroatoms. The average Bonchev–Trinajstić information content (AvgIpc) is 1.94. The molecule has 1 aromatic carbocycles. The normalized spacial score (nSPS) is 11.8. The Balaban J connectivity index is 3.32. The molecule has 72 valence electrons. The largest absolute Gasteiger partial charge is 0.207 e. The smallest absolute Gasteiger partial charge is 0.140 e. The zero-order chi connectivity index (χ0) is 10.2. The summed E-state index contributed by atoms with van der Waals surface area (Å²) in [6.45, 7) is 5.65. The van der Waals surface area contributed by atoms with Crippen LogP contribution in [0, 0.1) is 11.6 Å². The molecular formula is C10H11BrF2. The number of rotatable bonds is 0. The van der Waals surface area contributed by atoms with Crippen LogP contribution in [0.5, 0.6) is 0 Å². The minimum absolute atomic E-state index is 0.304. The minimum Gasteiger partial charge on any atom is -0.207 e. The van der Waals surface area contributed by atoms with Gasteiger partial charge in [0.05, 0.1) is 4.47 Å². The highest BCUT2D eigenvalue weighted by Crippen LogP contribution is 2.29. The molecule has 0 saturated heterocycles. The van der Waals surface area contributed by atoms with Crippen LogP contribution in [0.4, 0.5) is 8.78 Å². The zero-order valence-electron chi connectivity index (χ0n) is 7.79. The highest BCUT2D eigenvalue weighted by Gasteiger charge is 2.20. The highest BCUT2D eigenvalue weighted by molar-refractivity contribution is 9.10. The molecular weight excluding hydrogens is 238 g/mol. The molecule has 0 amide bonds. The van der Waals surface area contributed by atoms with E-state index >= 15 is 0 Å². The summed E-state index contributed by atoms with van der Waals surface area (Å²) in [4.78, 5) is 0. The van der Waals surface area contributed by atoms with Crippen LogP contribution >= 0.6 is 15.9 Å². The van der Waals surface area contributed by atoms with Gasteiger partial charge in [-0.2, -0.15) is 0 Å². The highest BCUT2D eigenvalue weighted by atomic mass is 79.9. The SMILES string of the molecule is CC(C)(C)c1cc(Br)c(F)cc1F. The number of halogens is 3. The first-order chi connectivity index (χ1) is 5.82. The maximum absolute atomic E-state index is 13.3. The topological polar surface area (TPSA) is 0 Å². The van der Waals surface area contributed by atoms with Gasteiger partial charge in [-0.15, -0.1) is 0 Å². The first-order valence-electron chi connectivity index (χ1n) is 3.97. The molecule has 0 nitrogen and oxygen atoms in total. The maximum atomic E-state index is 13.3. The van der Waals surface area contributed by atoms with Crippen molar-refractivity contribution < 1.29 is 8.78 Å². The Kier molecular flexibility index (Phi) is 2.76. The third-order valence-corrected chi connectivity index (χ3v) is 2.43. The lowest BCUT2D eigenvalue weighted by Gasteiger charge is -2.20. The molecule has 13 heavy (non-hydrogen) atoms. The van der Waals surface area contributed by atoms with E-state index in [0.717, 1.165) is 6.07 Å². The van der Waals surface area contributed by atoms with Crippen molar-refractivity contribution in [1.29, 1.82) is 0 Å². The number of hydrogen-bond acceptors (Lipinski definition) is 0. The van der Waals surface area contributed by atoms with E-state index in [2.05, 4.69) is 15.9 Å².